The maximum absolute atomic E-state index is 12.4. The molecule has 3 fully saturated rings. The summed E-state index contributed by atoms with van der Waals surface area (Å²) in [5.41, 5.74) is 0. The van der Waals surface area contributed by atoms with Gasteiger partial charge in [-0.05, 0) is 44.4 Å². The van der Waals surface area contributed by atoms with Gasteiger partial charge in [0.2, 0.25) is 0 Å². The van der Waals surface area contributed by atoms with Gasteiger partial charge in [0.15, 0.2) is 0 Å². The summed E-state index contributed by atoms with van der Waals surface area (Å²) >= 11 is 0. The third-order valence-corrected chi connectivity index (χ3v) is 6.83. The number of hydrogen-bond acceptors (Lipinski definition) is 4. The molecule has 6 nitrogen and oxygen atoms in total. The minimum Gasteiger partial charge on any atom is -0.481 e. The van der Waals surface area contributed by atoms with Crippen LogP contribution in [0.5, 0.6) is 0 Å². The topological polar surface area (TPSA) is 76.1 Å². The number of amides is 1. The Hall–Kier alpha value is -1.30. The van der Waals surface area contributed by atoms with E-state index in [4.69, 9.17) is 14.6 Å². The average molecular weight is 382 g/mol. The molecule has 0 radical (unpaired) electrons. The molecule has 6 heteroatoms. The summed E-state index contributed by atoms with van der Waals surface area (Å²) in [5, 5.41) is 8.70. The van der Waals surface area contributed by atoms with Gasteiger partial charge in [-0.3, -0.25) is 4.79 Å². The Balaban J connectivity index is 1.40. The first kappa shape index (κ1) is 20.4. The molecule has 2 saturated heterocycles. The summed E-state index contributed by atoms with van der Waals surface area (Å²) in [5.74, 6) is 0.0949. The molecule has 0 aromatic heterocycles. The fraction of sp³-hybridized carbons (Fsp3) is 0.905. The molecule has 1 N–H and O–H groups in total. The van der Waals surface area contributed by atoms with Crippen LogP contribution < -0.4 is 0 Å². The predicted octanol–water partition coefficient (Wildman–Crippen LogP) is 4.22. The van der Waals surface area contributed by atoms with Crippen molar-refractivity contribution < 1.29 is 24.2 Å². The van der Waals surface area contributed by atoms with Gasteiger partial charge >= 0.3 is 12.1 Å². The van der Waals surface area contributed by atoms with Crippen LogP contribution in [-0.4, -0.2) is 54.0 Å². The van der Waals surface area contributed by atoms with E-state index in [0.717, 1.165) is 57.8 Å². The molecule has 1 saturated carbocycles. The number of hydrogen-bond donors (Lipinski definition) is 1. The number of unbranched alkanes of at least 4 members (excludes halogenated alkanes) is 3. The van der Waals surface area contributed by atoms with E-state index in [0.29, 0.717) is 30.6 Å². The van der Waals surface area contributed by atoms with E-state index < -0.39 is 5.97 Å². The molecule has 0 aromatic carbocycles. The van der Waals surface area contributed by atoms with E-state index >= 15 is 0 Å². The standard InChI is InChI=1S/C21H35NO5/c1-22(15-8-6-7-9-15)21(25)26-14-17-16(18-12-13-19(17)27-18)10-4-2-3-5-11-20(23)24/h15-19H,2-14H2,1H3,(H,23,24)/t16-,17-,18+,19-/m1/s1. The molecule has 3 aliphatic rings. The summed E-state index contributed by atoms with van der Waals surface area (Å²) in [6.07, 6.45) is 12.5. The lowest BCUT2D eigenvalue weighted by atomic mass is 9.77. The number of carbonyl (C=O) groups is 2. The molecule has 4 atom stereocenters. The molecule has 27 heavy (non-hydrogen) atoms. The van der Waals surface area contributed by atoms with Gasteiger partial charge in [-0.2, -0.15) is 0 Å². The molecule has 2 bridgehead atoms. The average Bonchev–Trinajstić information content (AvgIpc) is 3.39. The third kappa shape index (κ3) is 5.37. The minimum atomic E-state index is -0.707. The van der Waals surface area contributed by atoms with Crippen molar-refractivity contribution in [3.63, 3.8) is 0 Å². The van der Waals surface area contributed by atoms with Gasteiger partial charge < -0.3 is 19.5 Å². The van der Waals surface area contributed by atoms with Crippen LogP contribution in [0.3, 0.4) is 0 Å². The van der Waals surface area contributed by atoms with Crippen molar-refractivity contribution in [2.45, 2.75) is 95.3 Å². The van der Waals surface area contributed by atoms with Crippen molar-refractivity contribution in [3.8, 4) is 0 Å². The number of nitrogens with zero attached hydrogens (tertiary/aromatic N) is 1. The molecule has 0 aromatic rings. The van der Waals surface area contributed by atoms with Crippen LogP contribution in [0.25, 0.3) is 0 Å². The Morgan fingerprint density at radius 2 is 1.67 bits per heavy atom. The number of rotatable bonds is 10. The van der Waals surface area contributed by atoms with Crippen molar-refractivity contribution >= 4 is 12.1 Å². The van der Waals surface area contributed by atoms with Gasteiger partial charge in [0.25, 0.3) is 0 Å². The van der Waals surface area contributed by atoms with Crippen molar-refractivity contribution in [2.75, 3.05) is 13.7 Å². The maximum Gasteiger partial charge on any atom is 0.409 e. The monoisotopic (exact) mass is 381 g/mol. The first-order chi connectivity index (χ1) is 13.1. The zero-order chi connectivity index (χ0) is 19.2. The second kappa shape index (κ2) is 9.76. The lowest BCUT2D eigenvalue weighted by molar-refractivity contribution is -0.137. The highest BCUT2D eigenvalue weighted by Crippen LogP contribution is 2.45. The van der Waals surface area contributed by atoms with E-state index in [9.17, 15) is 9.59 Å². The van der Waals surface area contributed by atoms with Gasteiger partial charge in [-0.1, -0.05) is 32.1 Å². The van der Waals surface area contributed by atoms with Crippen LogP contribution in [0.2, 0.25) is 0 Å². The summed E-state index contributed by atoms with van der Waals surface area (Å²) < 4.78 is 11.8. The Kier molecular flexibility index (Phi) is 7.39. The molecule has 0 unspecified atom stereocenters. The summed E-state index contributed by atoms with van der Waals surface area (Å²) in [6.45, 7) is 0.473. The maximum atomic E-state index is 12.4. The van der Waals surface area contributed by atoms with Crippen molar-refractivity contribution in [1.82, 2.24) is 4.90 Å². The van der Waals surface area contributed by atoms with Gasteiger partial charge in [0, 0.05) is 25.4 Å². The van der Waals surface area contributed by atoms with E-state index in [1.165, 1.54) is 12.8 Å². The molecular weight excluding hydrogens is 346 g/mol. The Labute approximate surface area is 162 Å². The quantitative estimate of drug-likeness (QED) is 0.574. The molecule has 3 rings (SSSR count). The highest BCUT2D eigenvalue weighted by Gasteiger charge is 2.48. The molecular formula is C21H35NO5. The highest BCUT2D eigenvalue weighted by atomic mass is 16.6. The fourth-order valence-corrected chi connectivity index (χ4v) is 5.22. The summed E-state index contributed by atoms with van der Waals surface area (Å²) in [7, 11) is 1.87. The van der Waals surface area contributed by atoms with Crippen molar-refractivity contribution in [2.24, 2.45) is 11.8 Å². The lowest BCUT2D eigenvalue weighted by Gasteiger charge is -2.29. The Bertz CT molecular complexity index is 505. The summed E-state index contributed by atoms with van der Waals surface area (Å²) in [6, 6.07) is 0.343. The van der Waals surface area contributed by atoms with Crippen molar-refractivity contribution in [1.29, 1.82) is 0 Å². The van der Waals surface area contributed by atoms with Crippen LogP contribution >= 0.6 is 0 Å². The van der Waals surface area contributed by atoms with E-state index in [1.807, 2.05) is 7.05 Å². The molecule has 1 amide bonds. The number of aliphatic carboxylic acids is 1. The number of carbonyl (C=O) groups excluding carboxylic acids is 1. The normalized spacial score (nSPS) is 30.0. The van der Waals surface area contributed by atoms with Crippen LogP contribution in [0.15, 0.2) is 0 Å². The summed E-state index contributed by atoms with van der Waals surface area (Å²) in [4.78, 5) is 24.8. The first-order valence-corrected chi connectivity index (χ1v) is 10.8. The number of carboxylic acids is 1. The molecule has 1 aliphatic carbocycles. The van der Waals surface area contributed by atoms with Gasteiger partial charge in [0.1, 0.15) is 0 Å². The molecule has 154 valence electrons. The lowest BCUT2D eigenvalue weighted by Crippen LogP contribution is -2.38. The van der Waals surface area contributed by atoms with Gasteiger partial charge in [-0.15, -0.1) is 0 Å². The predicted molar refractivity (Wildman–Crippen MR) is 102 cm³/mol. The molecule has 0 spiro atoms. The fourth-order valence-electron chi connectivity index (χ4n) is 5.22. The van der Waals surface area contributed by atoms with Crippen LogP contribution in [0, 0.1) is 11.8 Å². The SMILES string of the molecule is CN(C(=O)OC[C@@H]1[C@@H](CCCCCCC(=O)O)[C@@H]2CC[C@H]1O2)C1CCCC1. The van der Waals surface area contributed by atoms with Crippen LogP contribution in [0.4, 0.5) is 4.79 Å². The van der Waals surface area contributed by atoms with E-state index in [2.05, 4.69) is 0 Å². The van der Waals surface area contributed by atoms with Gasteiger partial charge in [0.05, 0.1) is 18.8 Å². The van der Waals surface area contributed by atoms with Crippen LogP contribution in [-0.2, 0) is 14.3 Å². The van der Waals surface area contributed by atoms with E-state index in [-0.39, 0.29) is 18.6 Å². The highest BCUT2D eigenvalue weighted by molar-refractivity contribution is 5.67. The van der Waals surface area contributed by atoms with Crippen molar-refractivity contribution in [3.05, 3.63) is 0 Å². The minimum absolute atomic E-state index is 0.183. The van der Waals surface area contributed by atoms with E-state index in [1.54, 1.807) is 4.90 Å². The number of ether oxygens (including phenoxy) is 2. The largest absolute Gasteiger partial charge is 0.481 e. The Morgan fingerprint density at radius 1 is 1.00 bits per heavy atom. The van der Waals surface area contributed by atoms with Gasteiger partial charge in [-0.25, -0.2) is 4.79 Å². The van der Waals surface area contributed by atoms with Crippen LogP contribution in [0.1, 0.15) is 77.0 Å². The Morgan fingerprint density at radius 3 is 2.37 bits per heavy atom. The second-order valence-electron chi connectivity index (χ2n) is 8.59. The smallest absolute Gasteiger partial charge is 0.409 e. The zero-order valence-corrected chi connectivity index (χ0v) is 16.6. The number of fused-ring (bicyclic) bond motifs is 2. The second-order valence-corrected chi connectivity index (χ2v) is 8.59. The molecule has 2 heterocycles. The zero-order valence-electron chi connectivity index (χ0n) is 16.6. The number of carboxylic acid groups (broad SMARTS) is 1. The molecule has 2 aliphatic heterocycles. The first-order valence-electron chi connectivity index (χ1n) is 10.8. The third-order valence-electron chi connectivity index (χ3n) is 6.83.